The number of fused-ring (bicyclic) bond motifs is 1. The first-order valence-corrected chi connectivity index (χ1v) is 6.09. The number of likely N-dealkylation sites (N-methyl/N-ethyl adjacent to an activating group) is 1. The molecule has 0 saturated heterocycles. The van der Waals surface area contributed by atoms with Gasteiger partial charge in [-0.3, -0.25) is 4.79 Å². The third kappa shape index (κ3) is 2.46. The van der Waals surface area contributed by atoms with Crippen molar-refractivity contribution in [3.05, 3.63) is 24.0 Å². The highest BCUT2D eigenvalue weighted by Gasteiger charge is 2.24. The van der Waals surface area contributed by atoms with Crippen molar-refractivity contribution in [3.8, 4) is 0 Å². The van der Waals surface area contributed by atoms with E-state index >= 15 is 0 Å². The van der Waals surface area contributed by atoms with Gasteiger partial charge < -0.3 is 15.1 Å². The highest BCUT2D eigenvalue weighted by Crippen LogP contribution is 2.33. The van der Waals surface area contributed by atoms with E-state index in [1.165, 1.54) is 12.1 Å². The van der Waals surface area contributed by atoms with Gasteiger partial charge in [0, 0.05) is 33.1 Å². The summed E-state index contributed by atoms with van der Waals surface area (Å²) >= 11 is 0. The van der Waals surface area contributed by atoms with Crippen LogP contribution in [0.2, 0.25) is 0 Å². The lowest BCUT2D eigenvalue weighted by Gasteiger charge is -2.35. The van der Waals surface area contributed by atoms with Gasteiger partial charge in [0.05, 0.1) is 11.4 Å². The van der Waals surface area contributed by atoms with Crippen LogP contribution in [0.25, 0.3) is 0 Å². The molecule has 0 spiro atoms. The molecule has 5 heteroatoms. The van der Waals surface area contributed by atoms with E-state index in [1.54, 1.807) is 11.0 Å². The summed E-state index contributed by atoms with van der Waals surface area (Å²) in [4.78, 5) is 15.8. The fourth-order valence-corrected chi connectivity index (χ4v) is 2.15. The maximum atomic E-state index is 13.3. The number of hydrogen-bond donors (Lipinski definition) is 1. The predicted octanol–water partition coefficient (Wildman–Crippen LogP) is 1.22. The lowest BCUT2D eigenvalue weighted by atomic mass is 10.1. The van der Waals surface area contributed by atoms with Gasteiger partial charge in [-0.05, 0) is 25.2 Å². The molecular weight excluding hydrogens is 233 g/mol. The van der Waals surface area contributed by atoms with Crippen LogP contribution in [0.3, 0.4) is 0 Å². The number of anilines is 2. The molecule has 0 aromatic heterocycles. The molecule has 18 heavy (non-hydrogen) atoms. The number of hydrogen-bond acceptors (Lipinski definition) is 3. The molecule has 1 aromatic carbocycles. The zero-order valence-corrected chi connectivity index (χ0v) is 10.7. The molecule has 1 aliphatic heterocycles. The maximum absolute atomic E-state index is 13.3. The van der Waals surface area contributed by atoms with Crippen LogP contribution in [0.1, 0.15) is 6.42 Å². The van der Waals surface area contributed by atoms with Crippen molar-refractivity contribution in [2.24, 2.45) is 0 Å². The van der Waals surface area contributed by atoms with E-state index in [-0.39, 0.29) is 11.7 Å². The summed E-state index contributed by atoms with van der Waals surface area (Å²) in [5, 5.41) is 2.96. The third-order valence-corrected chi connectivity index (χ3v) is 3.19. The Morgan fingerprint density at radius 3 is 2.89 bits per heavy atom. The molecule has 0 aliphatic carbocycles. The number of carbonyl (C=O) groups excluding carboxylic acids is 1. The minimum atomic E-state index is -0.273. The summed E-state index contributed by atoms with van der Waals surface area (Å²) in [6.45, 7) is 2.03. The van der Waals surface area contributed by atoms with Crippen LogP contribution in [0.5, 0.6) is 0 Å². The molecule has 0 radical (unpaired) electrons. The lowest BCUT2D eigenvalue weighted by molar-refractivity contribution is -0.118. The van der Waals surface area contributed by atoms with Gasteiger partial charge in [0.15, 0.2) is 0 Å². The molecule has 1 aliphatic rings. The van der Waals surface area contributed by atoms with Crippen molar-refractivity contribution in [2.75, 3.05) is 43.5 Å². The van der Waals surface area contributed by atoms with E-state index in [9.17, 15) is 9.18 Å². The van der Waals surface area contributed by atoms with Crippen LogP contribution >= 0.6 is 0 Å². The van der Waals surface area contributed by atoms with E-state index in [1.807, 2.05) is 19.0 Å². The van der Waals surface area contributed by atoms with Crippen LogP contribution < -0.4 is 15.1 Å². The average molecular weight is 251 g/mol. The monoisotopic (exact) mass is 251 g/mol. The molecule has 0 bridgehead atoms. The molecule has 0 unspecified atom stereocenters. The van der Waals surface area contributed by atoms with E-state index in [4.69, 9.17) is 0 Å². The van der Waals surface area contributed by atoms with Crippen molar-refractivity contribution in [1.29, 1.82) is 0 Å². The van der Waals surface area contributed by atoms with Crippen LogP contribution in [0.4, 0.5) is 15.8 Å². The van der Waals surface area contributed by atoms with Crippen LogP contribution in [-0.2, 0) is 4.79 Å². The van der Waals surface area contributed by atoms with Gasteiger partial charge in [-0.15, -0.1) is 0 Å². The first kappa shape index (κ1) is 12.8. The highest BCUT2D eigenvalue weighted by atomic mass is 19.1. The molecular formula is C13H18FN3O. The molecule has 1 N–H and O–H groups in total. The number of carbonyl (C=O) groups is 1. The third-order valence-electron chi connectivity index (χ3n) is 3.19. The highest BCUT2D eigenvalue weighted by molar-refractivity contribution is 5.97. The Bertz CT molecular complexity index is 450. The minimum absolute atomic E-state index is 0.0744. The Labute approximate surface area is 106 Å². The summed E-state index contributed by atoms with van der Waals surface area (Å²) < 4.78 is 13.3. The summed E-state index contributed by atoms with van der Waals surface area (Å²) in [7, 11) is 3.73. The van der Waals surface area contributed by atoms with Gasteiger partial charge in [-0.2, -0.15) is 0 Å². The quantitative estimate of drug-likeness (QED) is 0.877. The number of nitrogens with one attached hydrogen (secondary N) is 1. The molecule has 1 aromatic rings. The zero-order chi connectivity index (χ0) is 13.1. The van der Waals surface area contributed by atoms with Gasteiger partial charge in [0.2, 0.25) is 5.91 Å². The van der Waals surface area contributed by atoms with Crippen molar-refractivity contribution < 1.29 is 9.18 Å². The van der Waals surface area contributed by atoms with Crippen LogP contribution in [0, 0.1) is 5.82 Å². The van der Waals surface area contributed by atoms with Crippen molar-refractivity contribution >= 4 is 17.3 Å². The summed E-state index contributed by atoms with van der Waals surface area (Å²) in [6.07, 6.45) is 0.455. The lowest BCUT2D eigenvalue weighted by Crippen LogP contribution is -2.43. The summed E-state index contributed by atoms with van der Waals surface area (Å²) in [5.74, 6) is -0.199. The second-order valence-corrected chi connectivity index (χ2v) is 4.45. The Balaban J connectivity index is 2.26. The molecule has 0 fully saturated rings. The SMILES string of the molecule is CNCCC(=O)N1CCN(C)c2cc(F)ccc21. The first-order valence-electron chi connectivity index (χ1n) is 6.09. The number of nitrogens with zero attached hydrogens (tertiary/aromatic N) is 2. The Morgan fingerprint density at radius 1 is 1.39 bits per heavy atom. The second-order valence-electron chi connectivity index (χ2n) is 4.45. The molecule has 0 saturated carbocycles. The molecule has 98 valence electrons. The zero-order valence-electron chi connectivity index (χ0n) is 10.7. The largest absolute Gasteiger partial charge is 0.371 e. The standard InChI is InChI=1S/C13H18FN3O/c1-15-6-5-13(18)17-8-7-16(2)12-9-10(14)3-4-11(12)17/h3-4,9,15H,5-8H2,1-2H3. The first-order chi connectivity index (χ1) is 8.63. The number of rotatable bonds is 3. The number of benzene rings is 1. The summed E-state index contributed by atoms with van der Waals surface area (Å²) in [6, 6.07) is 4.56. The van der Waals surface area contributed by atoms with E-state index in [2.05, 4.69) is 5.32 Å². The van der Waals surface area contributed by atoms with Gasteiger partial charge in [-0.1, -0.05) is 0 Å². The van der Waals surface area contributed by atoms with Gasteiger partial charge >= 0.3 is 0 Å². The Hall–Kier alpha value is -1.62. The van der Waals surface area contributed by atoms with Crippen molar-refractivity contribution in [2.45, 2.75) is 6.42 Å². The second kappa shape index (κ2) is 5.35. The Morgan fingerprint density at radius 2 is 2.17 bits per heavy atom. The van der Waals surface area contributed by atoms with Gasteiger partial charge in [0.25, 0.3) is 0 Å². The van der Waals surface area contributed by atoms with Gasteiger partial charge in [-0.25, -0.2) is 4.39 Å². The topological polar surface area (TPSA) is 35.6 Å². The number of amides is 1. The summed E-state index contributed by atoms with van der Waals surface area (Å²) in [5.41, 5.74) is 1.57. The van der Waals surface area contributed by atoms with Crippen molar-refractivity contribution in [1.82, 2.24) is 5.32 Å². The molecule has 2 rings (SSSR count). The smallest absolute Gasteiger partial charge is 0.228 e. The fraction of sp³-hybridized carbons (Fsp3) is 0.462. The fourth-order valence-electron chi connectivity index (χ4n) is 2.15. The molecule has 0 atom stereocenters. The molecule has 4 nitrogen and oxygen atoms in total. The molecule has 1 heterocycles. The van der Waals surface area contributed by atoms with Crippen LogP contribution in [-0.4, -0.2) is 39.6 Å². The molecule has 1 amide bonds. The van der Waals surface area contributed by atoms with Crippen LogP contribution in [0.15, 0.2) is 18.2 Å². The normalized spacial score (nSPS) is 14.6. The predicted molar refractivity (Wildman–Crippen MR) is 70.6 cm³/mol. The average Bonchev–Trinajstić information content (AvgIpc) is 2.37. The van der Waals surface area contributed by atoms with E-state index in [0.717, 1.165) is 17.9 Å². The minimum Gasteiger partial charge on any atom is -0.371 e. The van der Waals surface area contributed by atoms with E-state index < -0.39 is 0 Å². The van der Waals surface area contributed by atoms with E-state index in [0.29, 0.717) is 19.5 Å². The maximum Gasteiger partial charge on any atom is 0.228 e. The van der Waals surface area contributed by atoms with Crippen molar-refractivity contribution in [3.63, 3.8) is 0 Å². The van der Waals surface area contributed by atoms with Gasteiger partial charge in [0.1, 0.15) is 5.82 Å². The Kier molecular flexibility index (Phi) is 3.81. The number of halogens is 1.